The summed E-state index contributed by atoms with van der Waals surface area (Å²) in [5.41, 5.74) is 0. The molecule has 108 valence electrons. The third-order valence-electron chi connectivity index (χ3n) is 2.17. The molecule has 1 unspecified atom stereocenters. The highest BCUT2D eigenvalue weighted by Gasteiger charge is 2.30. The van der Waals surface area contributed by atoms with Crippen molar-refractivity contribution in [1.82, 2.24) is 0 Å². The van der Waals surface area contributed by atoms with Gasteiger partial charge in [-0.3, -0.25) is 13.6 Å². The lowest BCUT2D eigenvalue weighted by atomic mass is 10.1. The summed E-state index contributed by atoms with van der Waals surface area (Å²) in [7, 11) is -3.44. The van der Waals surface area contributed by atoms with E-state index in [1.807, 2.05) is 26.0 Å². The Morgan fingerprint density at radius 2 is 1.50 bits per heavy atom. The van der Waals surface area contributed by atoms with Crippen LogP contribution < -0.4 is 0 Å². The third-order valence-corrected chi connectivity index (χ3v) is 3.82. The normalized spacial score (nSPS) is 14.9. The molecule has 5 heteroatoms. The van der Waals surface area contributed by atoms with Crippen molar-refractivity contribution in [2.45, 2.75) is 47.6 Å². The molecule has 0 heterocycles. The average Bonchev–Trinajstić information content (AvgIpc) is 2.24. The molecular weight excluding hydrogens is 251 g/mol. The molecule has 0 aliphatic rings. The van der Waals surface area contributed by atoms with Crippen LogP contribution in [0.1, 0.15) is 41.5 Å². The van der Waals surface area contributed by atoms with Crippen molar-refractivity contribution < 1.29 is 18.1 Å². The lowest BCUT2D eigenvalue weighted by Crippen LogP contribution is -2.17. The fourth-order valence-corrected chi connectivity index (χ4v) is 2.71. The summed E-state index contributed by atoms with van der Waals surface area (Å²) >= 11 is 0. The van der Waals surface area contributed by atoms with E-state index in [0.29, 0.717) is 19.1 Å². The molecule has 0 aliphatic heterocycles. The van der Waals surface area contributed by atoms with Crippen molar-refractivity contribution in [3.63, 3.8) is 0 Å². The minimum atomic E-state index is -3.44. The van der Waals surface area contributed by atoms with Crippen LogP contribution in [0.2, 0.25) is 0 Å². The number of phosphoric ester groups is 1. The molecule has 0 radical (unpaired) electrons. The van der Waals surface area contributed by atoms with E-state index in [9.17, 15) is 4.57 Å². The predicted octanol–water partition coefficient (Wildman–Crippen LogP) is 4.42. The molecule has 0 saturated heterocycles. The van der Waals surface area contributed by atoms with Crippen LogP contribution in [0, 0.1) is 11.8 Å². The van der Waals surface area contributed by atoms with Crippen LogP contribution in [0.3, 0.4) is 0 Å². The highest BCUT2D eigenvalue weighted by atomic mass is 31.2. The van der Waals surface area contributed by atoms with Crippen molar-refractivity contribution >= 4 is 7.82 Å². The first-order chi connectivity index (χ1) is 8.34. The van der Waals surface area contributed by atoms with Gasteiger partial charge < -0.3 is 0 Å². The Bertz CT molecular complexity index is 277. The highest BCUT2D eigenvalue weighted by molar-refractivity contribution is 7.48. The van der Waals surface area contributed by atoms with E-state index in [1.165, 1.54) is 0 Å². The zero-order valence-corrected chi connectivity index (χ0v) is 13.3. The molecule has 18 heavy (non-hydrogen) atoms. The zero-order chi connectivity index (χ0) is 14.2. The third kappa shape index (κ3) is 7.32. The summed E-state index contributed by atoms with van der Waals surface area (Å²) in [6.07, 6.45) is 3.70. The van der Waals surface area contributed by atoms with E-state index >= 15 is 0 Å². The Kier molecular flexibility index (Phi) is 8.79. The van der Waals surface area contributed by atoms with Gasteiger partial charge in [0.2, 0.25) is 0 Å². The lowest BCUT2D eigenvalue weighted by molar-refractivity contribution is 0.0836. The molecule has 0 rings (SSSR count). The molecular formula is C13H27O4P. The molecule has 0 bridgehead atoms. The van der Waals surface area contributed by atoms with Gasteiger partial charge in [-0.2, -0.15) is 0 Å². The average molecular weight is 278 g/mol. The first-order valence-corrected chi connectivity index (χ1v) is 8.06. The maximum atomic E-state index is 12.3. The second-order valence-corrected chi connectivity index (χ2v) is 6.35. The van der Waals surface area contributed by atoms with Crippen molar-refractivity contribution in [2.75, 3.05) is 13.2 Å². The Morgan fingerprint density at radius 1 is 1.00 bits per heavy atom. The molecule has 0 saturated carbocycles. The first-order valence-electron chi connectivity index (χ1n) is 6.60. The van der Waals surface area contributed by atoms with E-state index in [2.05, 4.69) is 13.8 Å². The number of allylic oxidation sites excluding steroid dienone is 1. The van der Waals surface area contributed by atoms with Crippen LogP contribution in [0.25, 0.3) is 0 Å². The molecule has 0 spiro atoms. The second kappa shape index (κ2) is 8.87. The number of hydrogen-bond donors (Lipinski definition) is 0. The SMILES string of the molecule is CCOP(=O)(OCC)OC(/C=C/C(C)C)C(C)C. The maximum absolute atomic E-state index is 12.3. The summed E-state index contributed by atoms with van der Waals surface area (Å²) in [6, 6.07) is 0. The van der Waals surface area contributed by atoms with Crippen molar-refractivity contribution in [3.05, 3.63) is 12.2 Å². The first kappa shape index (κ1) is 17.8. The molecule has 1 atom stereocenters. The Labute approximate surface area is 111 Å². The van der Waals surface area contributed by atoms with Crippen LogP contribution in [-0.2, 0) is 18.1 Å². The van der Waals surface area contributed by atoms with Gasteiger partial charge in [-0.15, -0.1) is 0 Å². The number of rotatable bonds is 9. The van der Waals surface area contributed by atoms with Crippen LogP contribution in [0.15, 0.2) is 12.2 Å². The summed E-state index contributed by atoms with van der Waals surface area (Å²) in [4.78, 5) is 0. The molecule has 0 aliphatic carbocycles. The largest absolute Gasteiger partial charge is 0.475 e. The van der Waals surface area contributed by atoms with Gasteiger partial charge in [-0.25, -0.2) is 4.57 Å². The van der Waals surface area contributed by atoms with Gasteiger partial charge in [-0.1, -0.05) is 39.8 Å². The van der Waals surface area contributed by atoms with E-state index in [0.717, 1.165) is 0 Å². The van der Waals surface area contributed by atoms with Gasteiger partial charge in [0.25, 0.3) is 0 Å². The quantitative estimate of drug-likeness (QED) is 0.462. The van der Waals surface area contributed by atoms with E-state index in [4.69, 9.17) is 13.6 Å². The topological polar surface area (TPSA) is 44.8 Å². The van der Waals surface area contributed by atoms with Crippen molar-refractivity contribution in [2.24, 2.45) is 11.8 Å². The lowest BCUT2D eigenvalue weighted by Gasteiger charge is -2.23. The zero-order valence-electron chi connectivity index (χ0n) is 12.4. The van der Waals surface area contributed by atoms with Crippen LogP contribution in [-0.4, -0.2) is 19.3 Å². The Morgan fingerprint density at radius 3 is 1.83 bits per heavy atom. The van der Waals surface area contributed by atoms with Crippen LogP contribution >= 0.6 is 7.82 Å². The molecule has 0 amide bonds. The summed E-state index contributed by atoms with van der Waals surface area (Å²) in [6.45, 7) is 12.3. The van der Waals surface area contributed by atoms with Gasteiger partial charge >= 0.3 is 7.82 Å². The van der Waals surface area contributed by atoms with Gasteiger partial charge in [0.1, 0.15) is 0 Å². The maximum Gasteiger partial charge on any atom is 0.475 e. The minimum Gasteiger partial charge on any atom is -0.287 e. The Hall–Kier alpha value is -0.150. The van der Waals surface area contributed by atoms with Crippen LogP contribution in [0.5, 0.6) is 0 Å². The summed E-state index contributed by atoms with van der Waals surface area (Å²) < 4.78 is 28.1. The summed E-state index contributed by atoms with van der Waals surface area (Å²) in [5.74, 6) is 0.627. The van der Waals surface area contributed by atoms with Gasteiger partial charge in [-0.05, 0) is 25.7 Å². The number of hydrogen-bond acceptors (Lipinski definition) is 4. The Balaban J connectivity index is 4.76. The molecule has 0 fully saturated rings. The molecule has 0 aromatic rings. The second-order valence-electron chi connectivity index (χ2n) is 4.73. The standard InChI is InChI=1S/C13H27O4P/c1-7-15-18(14,16-8-2)17-13(12(5)6)10-9-11(3)4/h9-13H,7-8H2,1-6H3/b10-9+. The van der Waals surface area contributed by atoms with Crippen LogP contribution in [0.4, 0.5) is 0 Å². The van der Waals surface area contributed by atoms with Gasteiger partial charge in [0.15, 0.2) is 0 Å². The smallest absolute Gasteiger partial charge is 0.287 e. The number of phosphoric acid groups is 1. The van der Waals surface area contributed by atoms with E-state index < -0.39 is 7.82 Å². The minimum absolute atomic E-state index is 0.203. The highest BCUT2D eigenvalue weighted by Crippen LogP contribution is 2.51. The van der Waals surface area contributed by atoms with Crippen molar-refractivity contribution in [3.8, 4) is 0 Å². The van der Waals surface area contributed by atoms with Gasteiger partial charge in [0.05, 0.1) is 19.3 Å². The fraction of sp³-hybridized carbons (Fsp3) is 0.846. The molecule has 4 nitrogen and oxygen atoms in total. The predicted molar refractivity (Wildman–Crippen MR) is 74.5 cm³/mol. The van der Waals surface area contributed by atoms with Crippen molar-refractivity contribution in [1.29, 1.82) is 0 Å². The molecule has 0 aromatic heterocycles. The molecule has 0 N–H and O–H groups in total. The molecule has 0 aromatic carbocycles. The van der Waals surface area contributed by atoms with E-state index in [1.54, 1.807) is 13.8 Å². The van der Waals surface area contributed by atoms with Gasteiger partial charge in [0, 0.05) is 0 Å². The monoisotopic (exact) mass is 278 g/mol. The van der Waals surface area contributed by atoms with E-state index in [-0.39, 0.29) is 12.0 Å². The fourth-order valence-electron chi connectivity index (χ4n) is 1.27. The summed E-state index contributed by atoms with van der Waals surface area (Å²) in [5, 5.41) is 0.